The van der Waals surface area contributed by atoms with Crippen LogP contribution in [0.25, 0.3) is 0 Å². The summed E-state index contributed by atoms with van der Waals surface area (Å²) in [6.07, 6.45) is 0.628. The van der Waals surface area contributed by atoms with Gasteiger partial charge in [-0.1, -0.05) is 36.4 Å². The molecule has 1 atom stereocenters. The fourth-order valence-electron chi connectivity index (χ4n) is 2.57. The lowest BCUT2D eigenvalue weighted by Gasteiger charge is -2.18. The second-order valence-corrected chi connectivity index (χ2v) is 5.08. The average Bonchev–Trinajstić information content (AvgIpc) is 2.94. The third-order valence-electron chi connectivity index (χ3n) is 3.61. The quantitative estimate of drug-likeness (QED) is 0.840. The third kappa shape index (κ3) is 3.16. The number of benzene rings is 2. The average molecular weight is 283 g/mol. The fourth-order valence-corrected chi connectivity index (χ4v) is 2.57. The smallest absolute Gasteiger partial charge is 0.231 e. The van der Waals surface area contributed by atoms with E-state index in [1.165, 1.54) is 0 Å². The highest BCUT2D eigenvalue weighted by molar-refractivity contribution is 5.66. The van der Waals surface area contributed by atoms with E-state index in [2.05, 4.69) is 0 Å². The first kappa shape index (κ1) is 13.5. The maximum absolute atomic E-state index is 11.0. The summed E-state index contributed by atoms with van der Waals surface area (Å²) in [6.45, 7) is 0.211. The van der Waals surface area contributed by atoms with Crippen molar-refractivity contribution < 1.29 is 19.4 Å². The first-order chi connectivity index (χ1) is 10.2. The molecule has 3 rings (SSSR count). The summed E-state index contributed by atoms with van der Waals surface area (Å²) < 4.78 is 10.6. The molecule has 0 saturated carbocycles. The normalized spacial score (nSPS) is 13.9. The van der Waals surface area contributed by atoms with Gasteiger partial charge in [0.25, 0.3) is 0 Å². The first-order valence-electron chi connectivity index (χ1n) is 6.85. The molecule has 0 radical (unpaired) electrons. The van der Waals surface area contributed by atoms with Crippen molar-refractivity contribution in [3.8, 4) is 11.5 Å². The number of hydrogen-bond donors (Lipinski definition) is 0. The van der Waals surface area contributed by atoms with Crippen molar-refractivity contribution in [1.82, 2.24) is 0 Å². The van der Waals surface area contributed by atoms with Gasteiger partial charge in [0.15, 0.2) is 11.5 Å². The number of hydrogen-bond acceptors (Lipinski definition) is 4. The molecule has 2 aromatic rings. The molecule has 0 amide bonds. The highest BCUT2D eigenvalue weighted by Gasteiger charge is 2.18. The van der Waals surface area contributed by atoms with Crippen LogP contribution < -0.4 is 14.6 Å². The van der Waals surface area contributed by atoms with Gasteiger partial charge in [0.2, 0.25) is 6.79 Å². The van der Waals surface area contributed by atoms with Crippen molar-refractivity contribution in [2.45, 2.75) is 18.8 Å². The molecule has 0 saturated heterocycles. The SMILES string of the molecule is O=C([O-])CC(Cc1ccccc1)c1ccc2c(c1)OCO2. The number of ether oxygens (including phenoxy) is 2. The Morgan fingerprint density at radius 3 is 2.62 bits per heavy atom. The van der Waals surface area contributed by atoms with Crippen LogP contribution in [0.3, 0.4) is 0 Å². The Labute approximate surface area is 122 Å². The van der Waals surface area contributed by atoms with Crippen LogP contribution in [-0.2, 0) is 11.2 Å². The van der Waals surface area contributed by atoms with Crippen molar-refractivity contribution in [2.75, 3.05) is 6.79 Å². The lowest BCUT2D eigenvalue weighted by Crippen LogP contribution is -2.25. The van der Waals surface area contributed by atoms with Crippen LogP contribution in [0.15, 0.2) is 48.5 Å². The van der Waals surface area contributed by atoms with Gasteiger partial charge in [-0.3, -0.25) is 0 Å². The van der Waals surface area contributed by atoms with Gasteiger partial charge in [-0.2, -0.15) is 0 Å². The number of carbonyl (C=O) groups is 1. The zero-order chi connectivity index (χ0) is 14.7. The Morgan fingerprint density at radius 1 is 1.10 bits per heavy atom. The second kappa shape index (κ2) is 5.87. The zero-order valence-electron chi connectivity index (χ0n) is 11.5. The van der Waals surface area contributed by atoms with Crippen molar-refractivity contribution in [1.29, 1.82) is 0 Å². The van der Waals surface area contributed by atoms with Gasteiger partial charge >= 0.3 is 0 Å². The summed E-state index contributed by atoms with van der Waals surface area (Å²) in [5, 5.41) is 11.0. The fraction of sp³-hybridized carbons (Fsp3) is 0.235. The maximum atomic E-state index is 11.0. The van der Waals surface area contributed by atoms with Crippen LogP contribution >= 0.6 is 0 Å². The zero-order valence-corrected chi connectivity index (χ0v) is 11.5. The number of rotatable bonds is 5. The second-order valence-electron chi connectivity index (χ2n) is 5.08. The van der Waals surface area contributed by atoms with Crippen LogP contribution in [0.1, 0.15) is 23.5 Å². The maximum Gasteiger partial charge on any atom is 0.231 e. The molecule has 0 fully saturated rings. The minimum absolute atomic E-state index is 0.0193. The third-order valence-corrected chi connectivity index (χ3v) is 3.61. The molecule has 4 nitrogen and oxygen atoms in total. The number of fused-ring (bicyclic) bond motifs is 1. The van der Waals surface area contributed by atoms with Gasteiger partial charge < -0.3 is 19.4 Å². The molecule has 1 heterocycles. The Hall–Kier alpha value is -2.49. The molecular weight excluding hydrogens is 268 g/mol. The molecule has 0 bridgehead atoms. The standard InChI is InChI=1S/C17H16O4/c18-17(19)10-14(8-12-4-2-1-3-5-12)13-6-7-15-16(9-13)21-11-20-15/h1-7,9,14H,8,10-11H2,(H,18,19)/p-1. The van der Waals surface area contributed by atoms with E-state index >= 15 is 0 Å². The molecule has 1 aliphatic rings. The Kier molecular flexibility index (Phi) is 3.77. The van der Waals surface area contributed by atoms with Crippen LogP contribution in [0, 0.1) is 0 Å². The Balaban J connectivity index is 1.86. The van der Waals surface area contributed by atoms with Gasteiger partial charge in [-0.05, 0) is 42.0 Å². The molecule has 0 N–H and O–H groups in total. The molecule has 4 heteroatoms. The van der Waals surface area contributed by atoms with Crippen LogP contribution in [0.4, 0.5) is 0 Å². The monoisotopic (exact) mass is 283 g/mol. The Morgan fingerprint density at radius 2 is 1.86 bits per heavy atom. The highest BCUT2D eigenvalue weighted by atomic mass is 16.7. The minimum atomic E-state index is -1.05. The minimum Gasteiger partial charge on any atom is -0.550 e. The highest BCUT2D eigenvalue weighted by Crippen LogP contribution is 2.36. The van der Waals surface area contributed by atoms with E-state index < -0.39 is 5.97 Å². The van der Waals surface area contributed by atoms with E-state index in [-0.39, 0.29) is 19.1 Å². The van der Waals surface area contributed by atoms with E-state index in [9.17, 15) is 9.90 Å². The molecule has 0 aromatic heterocycles. The van der Waals surface area contributed by atoms with E-state index in [0.29, 0.717) is 17.9 Å². The van der Waals surface area contributed by atoms with Crippen molar-refractivity contribution in [3.05, 3.63) is 59.7 Å². The summed E-state index contributed by atoms with van der Waals surface area (Å²) in [5.74, 6) is 0.176. The summed E-state index contributed by atoms with van der Waals surface area (Å²) in [5.41, 5.74) is 2.02. The van der Waals surface area contributed by atoms with Crippen molar-refractivity contribution in [3.63, 3.8) is 0 Å². The number of aliphatic carboxylic acids is 1. The van der Waals surface area contributed by atoms with Gasteiger partial charge in [0.05, 0.1) is 0 Å². The summed E-state index contributed by atoms with van der Waals surface area (Å²) in [4.78, 5) is 11.0. The number of carboxylic acid groups (broad SMARTS) is 1. The van der Waals surface area contributed by atoms with Gasteiger partial charge in [0.1, 0.15) is 0 Å². The lowest BCUT2D eigenvalue weighted by atomic mass is 9.89. The molecule has 108 valence electrons. The van der Waals surface area contributed by atoms with E-state index in [4.69, 9.17) is 9.47 Å². The molecule has 2 aromatic carbocycles. The molecule has 0 spiro atoms. The van der Waals surface area contributed by atoms with Crippen LogP contribution in [0.5, 0.6) is 11.5 Å². The topological polar surface area (TPSA) is 58.6 Å². The van der Waals surface area contributed by atoms with E-state index in [1.807, 2.05) is 48.5 Å². The number of carboxylic acids is 1. The summed E-state index contributed by atoms with van der Waals surface area (Å²) in [6, 6.07) is 15.4. The molecular formula is C17H15O4-. The largest absolute Gasteiger partial charge is 0.550 e. The molecule has 1 unspecified atom stereocenters. The predicted molar refractivity (Wildman–Crippen MR) is 75.1 cm³/mol. The molecule has 1 aliphatic heterocycles. The molecule has 0 aliphatic carbocycles. The van der Waals surface area contributed by atoms with Crippen molar-refractivity contribution >= 4 is 5.97 Å². The van der Waals surface area contributed by atoms with Gasteiger partial charge in [-0.15, -0.1) is 0 Å². The Bertz CT molecular complexity index is 636. The van der Waals surface area contributed by atoms with E-state index in [0.717, 1.165) is 11.1 Å². The molecule has 21 heavy (non-hydrogen) atoms. The first-order valence-corrected chi connectivity index (χ1v) is 6.85. The summed E-state index contributed by atoms with van der Waals surface area (Å²) >= 11 is 0. The van der Waals surface area contributed by atoms with Crippen molar-refractivity contribution in [2.24, 2.45) is 0 Å². The van der Waals surface area contributed by atoms with E-state index in [1.54, 1.807) is 0 Å². The van der Waals surface area contributed by atoms with Crippen LogP contribution in [0.2, 0.25) is 0 Å². The number of carbonyl (C=O) groups excluding carboxylic acids is 1. The lowest BCUT2D eigenvalue weighted by molar-refractivity contribution is -0.306. The summed E-state index contributed by atoms with van der Waals surface area (Å²) in [7, 11) is 0. The van der Waals surface area contributed by atoms with Gasteiger partial charge in [0, 0.05) is 5.97 Å². The predicted octanol–water partition coefficient (Wildman–Crippen LogP) is 1.88. The van der Waals surface area contributed by atoms with Crippen LogP contribution in [-0.4, -0.2) is 12.8 Å². The van der Waals surface area contributed by atoms with Gasteiger partial charge in [-0.25, -0.2) is 0 Å².